The summed E-state index contributed by atoms with van der Waals surface area (Å²) < 4.78 is 0. The molecule has 22 heavy (non-hydrogen) atoms. The van der Waals surface area contributed by atoms with E-state index >= 15 is 0 Å². The predicted molar refractivity (Wildman–Crippen MR) is 90.8 cm³/mol. The van der Waals surface area contributed by atoms with Gasteiger partial charge in [0.25, 0.3) is 5.91 Å². The topological polar surface area (TPSA) is 79.5 Å². The van der Waals surface area contributed by atoms with Gasteiger partial charge in [-0.3, -0.25) is 4.79 Å². The Kier molecular flexibility index (Phi) is 4.93. The quantitative estimate of drug-likeness (QED) is 0.566. The number of amides is 1. The van der Waals surface area contributed by atoms with E-state index in [0.29, 0.717) is 29.3 Å². The molecule has 0 aromatic heterocycles. The molecule has 0 spiro atoms. The van der Waals surface area contributed by atoms with Crippen LogP contribution in [0, 0.1) is 0 Å². The monoisotopic (exact) mass is 294 g/mol. The van der Waals surface area contributed by atoms with E-state index in [1.54, 1.807) is 24.3 Å². The Bertz CT molecular complexity index is 692. The first-order valence-electron chi connectivity index (χ1n) is 6.74. The molecule has 0 atom stereocenters. The van der Waals surface area contributed by atoms with Gasteiger partial charge in [-0.05, 0) is 36.5 Å². The number of nitrogens with two attached hydrogens (primary N) is 1. The molecule has 0 bridgehead atoms. The van der Waals surface area contributed by atoms with Crippen LogP contribution in [0.4, 0.5) is 11.4 Å². The predicted octanol–water partition coefficient (Wildman–Crippen LogP) is 2.78. The van der Waals surface area contributed by atoms with E-state index in [9.17, 15) is 4.79 Å². The molecule has 0 fully saturated rings. The summed E-state index contributed by atoms with van der Waals surface area (Å²) in [5.41, 5.74) is 8.52. The summed E-state index contributed by atoms with van der Waals surface area (Å²) in [5.74, 6) is 0.316. The zero-order chi connectivity index (χ0) is 15.9. The lowest BCUT2D eigenvalue weighted by atomic mass is 10.1. The van der Waals surface area contributed by atoms with E-state index in [0.717, 1.165) is 5.56 Å². The fourth-order valence-electron chi connectivity index (χ4n) is 1.84. The van der Waals surface area contributed by atoms with Gasteiger partial charge >= 0.3 is 0 Å². The highest BCUT2D eigenvalue weighted by atomic mass is 16.1. The van der Waals surface area contributed by atoms with Gasteiger partial charge in [-0.1, -0.05) is 30.8 Å². The number of anilines is 2. The van der Waals surface area contributed by atoms with Gasteiger partial charge in [-0.2, -0.15) is 0 Å². The van der Waals surface area contributed by atoms with Crippen LogP contribution < -0.4 is 16.4 Å². The summed E-state index contributed by atoms with van der Waals surface area (Å²) in [6.07, 6.45) is 0. The number of carbonyl (C=O) groups excluding carboxylic acids is 1. The Morgan fingerprint density at radius 3 is 2.45 bits per heavy atom. The number of hydrogen-bond acceptors (Lipinski definition) is 4. The van der Waals surface area contributed by atoms with Crippen LogP contribution in [-0.4, -0.2) is 12.6 Å². The minimum absolute atomic E-state index is 0.199. The number of nitrogens with one attached hydrogen (secondary N) is 2. The first-order chi connectivity index (χ1) is 10.6. The third-order valence-electron chi connectivity index (χ3n) is 3.11. The van der Waals surface area contributed by atoms with Crippen LogP contribution in [0.3, 0.4) is 0 Å². The summed E-state index contributed by atoms with van der Waals surface area (Å²) >= 11 is 0. The van der Waals surface area contributed by atoms with Crippen LogP contribution in [0.1, 0.15) is 15.9 Å². The van der Waals surface area contributed by atoms with Gasteiger partial charge in [0, 0.05) is 12.1 Å². The lowest BCUT2D eigenvalue weighted by Crippen LogP contribution is -2.14. The van der Waals surface area contributed by atoms with Crippen LogP contribution in [0.2, 0.25) is 0 Å². The van der Waals surface area contributed by atoms with E-state index < -0.39 is 0 Å². The second-order valence-electron chi connectivity index (χ2n) is 4.70. The first kappa shape index (κ1) is 15.3. The summed E-state index contributed by atoms with van der Waals surface area (Å²) in [5, 5.41) is 5.79. The first-order valence-corrected chi connectivity index (χ1v) is 6.74. The van der Waals surface area contributed by atoms with Crippen molar-refractivity contribution in [1.82, 2.24) is 5.32 Å². The van der Waals surface area contributed by atoms with Gasteiger partial charge < -0.3 is 16.4 Å². The van der Waals surface area contributed by atoms with Crippen LogP contribution in [0.15, 0.2) is 65.9 Å². The summed E-state index contributed by atoms with van der Waals surface area (Å²) in [4.78, 5) is 15.8. The molecule has 4 N–H and O–H groups in total. The fraction of sp³-hybridized carbons (Fsp3) is 0.0588. The average Bonchev–Trinajstić information content (AvgIpc) is 2.55. The molecule has 2 aromatic rings. The molecule has 5 nitrogen and oxygen atoms in total. The number of hydrogen-bond donors (Lipinski definition) is 3. The second-order valence-corrected chi connectivity index (χ2v) is 4.70. The Hall–Kier alpha value is -3.08. The Morgan fingerprint density at radius 1 is 1.14 bits per heavy atom. The summed E-state index contributed by atoms with van der Waals surface area (Å²) in [7, 11) is 0. The highest BCUT2D eigenvalue weighted by Gasteiger charge is 2.07. The molecule has 0 aliphatic rings. The van der Waals surface area contributed by atoms with Crippen molar-refractivity contribution >= 4 is 24.0 Å². The maximum atomic E-state index is 12.2. The van der Waals surface area contributed by atoms with Crippen LogP contribution in [-0.2, 0) is 6.54 Å². The maximum Gasteiger partial charge on any atom is 0.255 e. The minimum atomic E-state index is -0.199. The van der Waals surface area contributed by atoms with Gasteiger partial charge in [-0.15, -0.1) is 0 Å². The molecule has 0 saturated heterocycles. The van der Waals surface area contributed by atoms with Crippen molar-refractivity contribution in [3.05, 3.63) is 72.1 Å². The molecule has 0 unspecified atom stereocenters. The number of carbonyl (C=O) groups is 1. The van der Waals surface area contributed by atoms with E-state index in [2.05, 4.69) is 28.9 Å². The van der Waals surface area contributed by atoms with Crippen LogP contribution in [0.5, 0.6) is 0 Å². The summed E-state index contributed by atoms with van der Waals surface area (Å²) in [6, 6.07) is 14.4. The van der Waals surface area contributed by atoms with Gasteiger partial charge in [0.1, 0.15) is 5.82 Å². The number of para-hydroxylation sites is 2. The van der Waals surface area contributed by atoms with Gasteiger partial charge in [0.15, 0.2) is 0 Å². The molecule has 0 aliphatic carbocycles. The van der Waals surface area contributed by atoms with Crippen molar-refractivity contribution in [1.29, 1.82) is 0 Å². The van der Waals surface area contributed by atoms with E-state index in [1.807, 2.05) is 24.3 Å². The zero-order valence-electron chi connectivity index (χ0n) is 12.2. The number of benzene rings is 2. The highest BCUT2D eigenvalue weighted by Crippen LogP contribution is 2.18. The lowest BCUT2D eigenvalue weighted by molar-refractivity contribution is 0.102. The number of nitrogens with zero attached hydrogens (tertiary/aromatic N) is 1. The van der Waals surface area contributed by atoms with Crippen molar-refractivity contribution in [2.24, 2.45) is 4.99 Å². The number of aliphatic imine (C=N–C) groups is 1. The molecule has 5 heteroatoms. The molecule has 0 heterocycles. The normalized spacial score (nSPS) is 9.82. The van der Waals surface area contributed by atoms with Crippen molar-refractivity contribution < 1.29 is 4.79 Å². The minimum Gasteiger partial charge on any atom is -0.397 e. The largest absolute Gasteiger partial charge is 0.397 e. The smallest absolute Gasteiger partial charge is 0.255 e. The molecule has 112 valence electrons. The van der Waals surface area contributed by atoms with E-state index in [-0.39, 0.29) is 5.91 Å². The molecule has 0 aliphatic heterocycles. The second kappa shape index (κ2) is 7.08. The van der Waals surface area contributed by atoms with Crippen molar-refractivity contribution in [2.75, 3.05) is 11.1 Å². The average molecular weight is 294 g/mol. The molecule has 2 aromatic carbocycles. The molecule has 1 amide bonds. The van der Waals surface area contributed by atoms with Gasteiger partial charge in [0.05, 0.1) is 11.4 Å². The van der Waals surface area contributed by atoms with E-state index in [1.165, 1.54) is 0 Å². The third-order valence-corrected chi connectivity index (χ3v) is 3.11. The summed E-state index contributed by atoms with van der Waals surface area (Å²) in [6.45, 7) is 7.63. The molecular formula is C17H18N4O. The standard InChI is InChI=1S/C17H18N4O/c1-12(19-2)20-11-13-7-9-14(10-8-13)17(22)21-16-6-4-3-5-15(16)18/h3-10,20H,1-2,11,18H2,(H,21,22). The third kappa shape index (κ3) is 3.96. The molecule has 2 rings (SSSR count). The maximum absolute atomic E-state index is 12.2. The van der Waals surface area contributed by atoms with Gasteiger partial charge in [0.2, 0.25) is 0 Å². The SMILES string of the molecule is C=NC(=C)NCc1ccc(C(=O)Nc2ccccc2N)cc1. The number of nitrogen functional groups attached to an aromatic ring is 1. The lowest BCUT2D eigenvalue weighted by Gasteiger charge is -2.09. The highest BCUT2D eigenvalue weighted by molar-refractivity contribution is 6.05. The Labute approximate surface area is 129 Å². The van der Waals surface area contributed by atoms with Crippen molar-refractivity contribution in [3.63, 3.8) is 0 Å². The molecule has 0 saturated carbocycles. The van der Waals surface area contributed by atoms with Crippen LogP contribution in [0.25, 0.3) is 0 Å². The molecule has 0 radical (unpaired) electrons. The van der Waals surface area contributed by atoms with E-state index in [4.69, 9.17) is 5.73 Å². The zero-order valence-corrected chi connectivity index (χ0v) is 12.2. The number of rotatable bonds is 6. The van der Waals surface area contributed by atoms with Crippen molar-refractivity contribution in [3.8, 4) is 0 Å². The van der Waals surface area contributed by atoms with Gasteiger partial charge in [-0.25, -0.2) is 4.99 Å². The molecular weight excluding hydrogens is 276 g/mol. The Morgan fingerprint density at radius 2 is 1.82 bits per heavy atom. The van der Waals surface area contributed by atoms with Crippen molar-refractivity contribution in [2.45, 2.75) is 6.54 Å². The Balaban J connectivity index is 2.01. The van der Waals surface area contributed by atoms with Crippen LogP contribution >= 0.6 is 0 Å². The fourth-order valence-corrected chi connectivity index (χ4v) is 1.84.